The summed E-state index contributed by atoms with van der Waals surface area (Å²) >= 11 is 0. The number of hydrogen-bond acceptors (Lipinski definition) is 4. The predicted molar refractivity (Wildman–Crippen MR) is 73.1 cm³/mol. The molecule has 1 fully saturated rings. The predicted octanol–water partition coefficient (Wildman–Crippen LogP) is 1.88. The maximum atomic E-state index is 11.8. The van der Waals surface area contributed by atoms with Crippen molar-refractivity contribution in [1.82, 2.24) is 14.9 Å². The minimum atomic E-state index is -0.542. The van der Waals surface area contributed by atoms with E-state index in [1.54, 1.807) is 4.57 Å². The van der Waals surface area contributed by atoms with Crippen molar-refractivity contribution in [2.45, 2.75) is 51.6 Å². The highest BCUT2D eigenvalue weighted by Gasteiger charge is 2.19. The molecule has 20 heavy (non-hydrogen) atoms. The summed E-state index contributed by atoms with van der Waals surface area (Å²) in [6.07, 6.45) is 7.47. The summed E-state index contributed by atoms with van der Waals surface area (Å²) in [5, 5.41) is 13.5. The lowest BCUT2D eigenvalue weighted by Crippen LogP contribution is -2.37. The van der Waals surface area contributed by atoms with Gasteiger partial charge in [-0.05, 0) is 41.5 Å². The van der Waals surface area contributed by atoms with Crippen LogP contribution in [-0.2, 0) is 11.3 Å². The highest BCUT2D eigenvalue weighted by molar-refractivity contribution is 5.76. The van der Waals surface area contributed by atoms with E-state index in [4.69, 9.17) is 0 Å². The van der Waals surface area contributed by atoms with Crippen LogP contribution in [0.1, 0.15) is 39.0 Å². The Balaban J connectivity index is 1.73. The summed E-state index contributed by atoms with van der Waals surface area (Å²) in [6.45, 7) is 2.65. The van der Waals surface area contributed by atoms with Gasteiger partial charge in [-0.1, -0.05) is 6.92 Å². The molecule has 0 aliphatic heterocycles. The fourth-order valence-corrected chi connectivity index (χ4v) is 2.50. The van der Waals surface area contributed by atoms with Crippen molar-refractivity contribution in [3.05, 3.63) is 22.6 Å². The Kier molecular flexibility index (Phi) is 4.70. The number of amides is 1. The van der Waals surface area contributed by atoms with Crippen LogP contribution >= 0.6 is 0 Å². The third-order valence-corrected chi connectivity index (χ3v) is 3.78. The molecule has 1 aliphatic rings. The lowest BCUT2D eigenvalue weighted by atomic mass is 9.87. The topological polar surface area (TPSA) is 90.1 Å². The molecular weight excluding hydrogens is 260 g/mol. The van der Waals surface area contributed by atoms with Gasteiger partial charge in [0.05, 0.1) is 0 Å². The van der Waals surface area contributed by atoms with Crippen LogP contribution in [0.4, 0.5) is 5.82 Å². The monoisotopic (exact) mass is 280 g/mol. The van der Waals surface area contributed by atoms with E-state index in [9.17, 15) is 14.9 Å². The van der Waals surface area contributed by atoms with Crippen LogP contribution in [-0.4, -0.2) is 26.4 Å². The van der Waals surface area contributed by atoms with Crippen LogP contribution in [0, 0.1) is 16.0 Å². The van der Waals surface area contributed by atoms with Crippen LogP contribution in [0.2, 0.25) is 0 Å². The van der Waals surface area contributed by atoms with E-state index < -0.39 is 4.92 Å². The van der Waals surface area contributed by atoms with Gasteiger partial charge in [-0.25, -0.2) is 0 Å². The molecule has 0 unspecified atom stereocenters. The number of hydrogen-bond donors (Lipinski definition) is 1. The van der Waals surface area contributed by atoms with Crippen LogP contribution in [0.5, 0.6) is 0 Å². The third kappa shape index (κ3) is 4.04. The van der Waals surface area contributed by atoms with Gasteiger partial charge < -0.3 is 20.0 Å². The molecule has 1 N–H and O–H groups in total. The average molecular weight is 280 g/mol. The van der Waals surface area contributed by atoms with E-state index in [1.165, 1.54) is 25.4 Å². The number of nitrogens with one attached hydrogen (secondary N) is 1. The van der Waals surface area contributed by atoms with Crippen molar-refractivity contribution in [2.75, 3.05) is 0 Å². The number of nitro groups is 1. The summed E-state index contributed by atoms with van der Waals surface area (Å²) in [7, 11) is 0. The first-order chi connectivity index (χ1) is 9.54. The van der Waals surface area contributed by atoms with E-state index in [0.717, 1.165) is 18.8 Å². The minimum Gasteiger partial charge on any atom is -0.358 e. The summed E-state index contributed by atoms with van der Waals surface area (Å²) in [6, 6.07) is 0.288. The Morgan fingerprint density at radius 1 is 1.50 bits per heavy atom. The molecule has 0 atom stereocenters. The number of aryl methyl sites for hydroxylation is 1. The van der Waals surface area contributed by atoms with Crippen LogP contribution in [0.15, 0.2) is 12.5 Å². The Morgan fingerprint density at radius 2 is 2.20 bits per heavy atom. The highest BCUT2D eigenvalue weighted by Crippen LogP contribution is 2.23. The van der Waals surface area contributed by atoms with Gasteiger partial charge in [0, 0.05) is 19.0 Å². The number of aromatic nitrogens is 2. The molecule has 2 rings (SSSR count). The highest BCUT2D eigenvalue weighted by atomic mass is 16.6. The molecule has 1 heterocycles. The molecule has 7 nitrogen and oxygen atoms in total. The molecule has 110 valence electrons. The van der Waals surface area contributed by atoms with Gasteiger partial charge in [-0.2, -0.15) is 0 Å². The first kappa shape index (κ1) is 14.5. The summed E-state index contributed by atoms with van der Waals surface area (Å²) in [5.41, 5.74) is 0. The summed E-state index contributed by atoms with van der Waals surface area (Å²) in [5.74, 6) is 0.572. The number of rotatable bonds is 5. The Bertz CT molecular complexity index is 478. The molecule has 1 saturated carbocycles. The zero-order chi connectivity index (χ0) is 14.5. The molecule has 0 radical (unpaired) electrons. The minimum absolute atomic E-state index is 0.000839. The van der Waals surface area contributed by atoms with Gasteiger partial charge in [0.1, 0.15) is 6.20 Å². The van der Waals surface area contributed by atoms with E-state index in [1.807, 2.05) is 0 Å². The second kappa shape index (κ2) is 6.49. The SMILES string of the molecule is CC1CCC(NC(=O)CCn2cnc([N+](=O)[O-])c2)CC1. The fraction of sp³-hybridized carbons (Fsp3) is 0.692. The van der Waals surface area contributed by atoms with Crippen molar-refractivity contribution in [1.29, 1.82) is 0 Å². The standard InChI is InChI=1S/C13H20N4O3/c1-10-2-4-11(5-3-10)15-13(18)6-7-16-8-12(14-9-16)17(19)20/h8-11H,2-7H2,1H3,(H,15,18). The molecule has 1 aromatic heterocycles. The fourth-order valence-electron chi connectivity index (χ4n) is 2.50. The Labute approximate surface area is 117 Å². The number of carbonyl (C=O) groups is 1. The van der Waals surface area contributed by atoms with Gasteiger partial charge in [0.15, 0.2) is 0 Å². The van der Waals surface area contributed by atoms with Gasteiger partial charge in [-0.15, -0.1) is 0 Å². The molecular formula is C13H20N4O3. The maximum absolute atomic E-state index is 11.8. The lowest BCUT2D eigenvalue weighted by Gasteiger charge is -2.26. The zero-order valence-corrected chi connectivity index (χ0v) is 11.6. The quantitative estimate of drug-likeness (QED) is 0.658. The van der Waals surface area contributed by atoms with Crippen LogP contribution < -0.4 is 5.32 Å². The normalized spacial score (nSPS) is 22.4. The van der Waals surface area contributed by atoms with Gasteiger partial charge >= 0.3 is 5.82 Å². The van der Waals surface area contributed by atoms with Crippen molar-refractivity contribution < 1.29 is 9.72 Å². The lowest BCUT2D eigenvalue weighted by molar-refractivity contribution is -0.389. The largest absolute Gasteiger partial charge is 0.381 e. The zero-order valence-electron chi connectivity index (χ0n) is 11.6. The number of imidazole rings is 1. The van der Waals surface area contributed by atoms with E-state index in [0.29, 0.717) is 13.0 Å². The van der Waals surface area contributed by atoms with Crippen molar-refractivity contribution in [3.63, 3.8) is 0 Å². The molecule has 1 amide bonds. The van der Waals surface area contributed by atoms with Crippen LogP contribution in [0.25, 0.3) is 0 Å². The molecule has 0 bridgehead atoms. The summed E-state index contributed by atoms with van der Waals surface area (Å²) < 4.78 is 1.57. The molecule has 1 aromatic rings. The smallest absolute Gasteiger partial charge is 0.358 e. The molecule has 7 heteroatoms. The molecule has 0 spiro atoms. The van der Waals surface area contributed by atoms with E-state index in [2.05, 4.69) is 17.2 Å². The maximum Gasteiger partial charge on any atom is 0.381 e. The molecule has 0 saturated heterocycles. The Morgan fingerprint density at radius 3 is 2.80 bits per heavy atom. The van der Waals surface area contributed by atoms with Gasteiger partial charge in [-0.3, -0.25) is 4.79 Å². The molecule has 0 aromatic carbocycles. The third-order valence-electron chi connectivity index (χ3n) is 3.78. The number of nitrogens with zero attached hydrogens (tertiary/aromatic N) is 3. The second-order valence-electron chi connectivity index (χ2n) is 5.50. The van der Waals surface area contributed by atoms with Crippen molar-refractivity contribution in [2.24, 2.45) is 5.92 Å². The number of carbonyl (C=O) groups excluding carboxylic acids is 1. The van der Waals surface area contributed by atoms with Gasteiger partial charge in [0.25, 0.3) is 0 Å². The van der Waals surface area contributed by atoms with Crippen LogP contribution in [0.3, 0.4) is 0 Å². The molecule has 1 aliphatic carbocycles. The van der Waals surface area contributed by atoms with Crippen molar-refractivity contribution >= 4 is 11.7 Å². The Hall–Kier alpha value is -1.92. The van der Waals surface area contributed by atoms with Crippen molar-refractivity contribution in [3.8, 4) is 0 Å². The van der Waals surface area contributed by atoms with Gasteiger partial charge in [0.2, 0.25) is 12.2 Å². The second-order valence-corrected chi connectivity index (χ2v) is 5.50. The first-order valence-electron chi connectivity index (χ1n) is 7.00. The van der Waals surface area contributed by atoms with E-state index in [-0.39, 0.29) is 17.8 Å². The van der Waals surface area contributed by atoms with E-state index >= 15 is 0 Å². The first-order valence-corrected chi connectivity index (χ1v) is 7.00. The summed E-state index contributed by atoms with van der Waals surface area (Å²) in [4.78, 5) is 25.4. The average Bonchev–Trinajstić information content (AvgIpc) is 2.88.